The van der Waals surface area contributed by atoms with Gasteiger partial charge in [0.25, 0.3) is 5.56 Å². The summed E-state index contributed by atoms with van der Waals surface area (Å²) in [5.41, 5.74) is 0.372. The SMILES string of the molecule is COC(=O)Cc1cc(=O)[nH]c(SCC(=O)Nc2ccc(OC)c(Cl)c2)n1. The zero-order valence-electron chi connectivity index (χ0n) is 14.0. The van der Waals surface area contributed by atoms with Crippen molar-refractivity contribution in [2.75, 3.05) is 25.3 Å². The maximum Gasteiger partial charge on any atom is 0.311 e. The number of halogens is 1. The number of thioether (sulfide) groups is 1. The number of carbonyl (C=O) groups is 2. The summed E-state index contributed by atoms with van der Waals surface area (Å²) in [5, 5.41) is 3.29. The van der Waals surface area contributed by atoms with Gasteiger partial charge in [-0.1, -0.05) is 23.4 Å². The Morgan fingerprint density at radius 2 is 2.08 bits per heavy atom. The Morgan fingerprint density at radius 1 is 1.31 bits per heavy atom. The summed E-state index contributed by atoms with van der Waals surface area (Å²) in [7, 11) is 2.75. The molecule has 0 unspecified atom stereocenters. The lowest BCUT2D eigenvalue weighted by Gasteiger charge is -2.08. The second-order valence-corrected chi connectivity index (χ2v) is 6.35. The minimum Gasteiger partial charge on any atom is -0.495 e. The number of H-pyrrole nitrogens is 1. The van der Waals surface area contributed by atoms with Gasteiger partial charge in [0.05, 0.1) is 37.1 Å². The third-order valence-corrected chi connectivity index (χ3v) is 4.27. The van der Waals surface area contributed by atoms with Crippen molar-refractivity contribution in [3.05, 3.63) is 45.3 Å². The maximum absolute atomic E-state index is 12.0. The summed E-state index contributed by atoms with van der Waals surface area (Å²) in [5.74, 6) is -0.303. The minimum absolute atomic E-state index is 0.00820. The topological polar surface area (TPSA) is 110 Å². The standard InChI is InChI=1S/C16H16ClN3O5S/c1-24-12-4-3-9(5-11(12)17)18-14(22)8-26-16-19-10(6-13(21)20-16)7-15(23)25-2/h3-6H,7-8H2,1-2H3,(H,18,22)(H,19,20,21). The average Bonchev–Trinajstić information content (AvgIpc) is 2.59. The van der Waals surface area contributed by atoms with Crippen LogP contribution in [0.3, 0.4) is 0 Å². The fourth-order valence-electron chi connectivity index (χ4n) is 1.94. The van der Waals surface area contributed by atoms with Crippen molar-refractivity contribution in [3.8, 4) is 5.75 Å². The number of amides is 1. The van der Waals surface area contributed by atoms with E-state index in [-0.39, 0.29) is 28.9 Å². The molecule has 0 saturated carbocycles. The summed E-state index contributed by atoms with van der Waals surface area (Å²) in [4.78, 5) is 41.6. The van der Waals surface area contributed by atoms with Crippen molar-refractivity contribution in [1.29, 1.82) is 0 Å². The monoisotopic (exact) mass is 397 g/mol. The van der Waals surface area contributed by atoms with Crippen LogP contribution in [-0.2, 0) is 20.7 Å². The number of methoxy groups -OCH3 is 2. The summed E-state index contributed by atoms with van der Waals surface area (Å²) < 4.78 is 9.59. The van der Waals surface area contributed by atoms with Crippen LogP contribution in [-0.4, -0.2) is 41.8 Å². The molecule has 2 N–H and O–H groups in total. The molecule has 0 aliphatic heterocycles. The number of rotatable bonds is 7. The first-order valence-electron chi connectivity index (χ1n) is 7.34. The predicted octanol–water partition coefficient (Wildman–Crippen LogP) is 1.88. The quantitative estimate of drug-likeness (QED) is 0.417. The van der Waals surface area contributed by atoms with Crippen molar-refractivity contribution < 1.29 is 19.1 Å². The molecule has 0 spiro atoms. The predicted molar refractivity (Wildman–Crippen MR) is 97.9 cm³/mol. The summed E-state index contributed by atoms with van der Waals surface area (Å²) >= 11 is 7.04. The zero-order chi connectivity index (χ0) is 19.1. The molecule has 0 aliphatic carbocycles. The van der Waals surface area contributed by atoms with Crippen molar-refractivity contribution >= 4 is 40.9 Å². The maximum atomic E-state index is 12.0. The Kier molecular flexibility index (Phi) is 7.05. The second-order valence-electron chi connectivity index (χ2n) is 4.98. The summed E-state index contributed by atoms with van der Waals surface area (Å²) in [6.45, 7) is 0. The first-order valence-corrected chi connectivity index (χ1v) is 8.71. The number of ether oxygens (including phenoxy) is 2. The average molecular weight is 398 g/mol. The zero-order valence-corrected chi connectivity index (χ0v) is 15.6. The number of carbonyl (C=O) groups excluding carboxylic acids is 2. The Bertz CT molecular complexity index is 871. The molecular weight excluding hydrogens is 382 g/mol. The van der Waals surface area contributed by atoms with E-state index < -0.39 is 11.5 Å². The number of anilines is 1. The highest BCUT2D eigenvalue weighted by Crippen LogP contribution is 2.27. The van der Waals surface area contributed by atoms with Gasteiger partial charge < -0.3 is 19.8 Å². The molecule has 1 aromatic heterocycles. The summed E-state index contributed by atoms with van der Waals surface area (Å²) in [6, 6.07) is 6.07. The molecule has 2 rings (SSSR count). The van der Waals surface area contributed by atoms with E-state index in [1.54, 1.807) is 18.2 Å². The minimum atomic E-state index is -0.506. The molecule has 2 aromatic rings. The van der Waals surface area contributed by atoms with Crippen molar-refractivity contribution in [1.82, 2.24) is 9.97 Å². The molecule has 10 heteroatoms. The van der Waals surface area contributed by atoms with E-state index in [1.165, 1.54) is 20.3 Å². The number of benzene rings is 1. The fourth-order valence-corrected chi connectivity index (χ4v) is 2.89. The summed E-state index contributed by atoms with van der Waals surface area (Å²) in [6.07, 6.45) is -0.121. The molecule has 0 bridgehead atoms. The van der Waals surface area contributed by atoms with Crippen LogP contribution in [0.4, 0.5) is 5.69 Å². The van der Waals surface area contributed by atoms with Gasteiger partial charge in [0, 0.05) is 11.8 Å². The van der Waals surface area contributed by atoms with Gasteiger partial charge in [-0.25, -0.2) is 4.98 Å². The van der Waals surface area contributed by atoms with Gasteiger partial charge in [-0.05, 0) is 18.2 Å². The fraction of sp³-hybridized carbons (Fsp3) is 0.250. The molecule has 0 fully saturated rings. The number of aromatic amines is 1. The Labute approximate surface area is 158 Å². The Balaban J connectivity index is 1.97. The third kappa shape index (κ3) is 5.78. The molecule has 138 valence electrons. The van der Waals surface area contributed by atoms with Crippen molar-refractivity contribution in [3.63, 3.8) is 0 Å². The Hall–Kier alpha value is -2.52. The van der Waals surface area contributed by atoms with E-state index in [1.807, 2.05) is 0 Å². The van der Waals surface area contributed by atoms with Gasteiger partial charge in [0.2, 0.25) is 5.91 Å². The van der Waals surface area contributed by atoms with E-state index in [2.05, 4.69) is 20.0 Å². The number of nitrogens with one attached hydrogen (secondary N) is 2. The van der Waals surface area contributed by atoms with Crippen LogP contribution in [0.1, 0.15) is 5.69 Å². The van der Waals surface area contributed by atoms with E-state index in [0.29, 0.717) is 16.5 Å². The van der Waals surface area contributed by atoms with Gasteiger partial charge in [-0.3, -0.25) is 14.4 Å². The van der Waals surface area contributed by atoms with Gasteiger partial charge in [0.1, 0.15) is 5.75 Å². The first-order chi connectivity index (χ1) is 12.4. The van der Waals surface area contributed by atoms with Gasteiger partial charge in [-0.2, -0.15) is 0 Å². The lowest BCUT2D eigenvalue weighted by atomic mass is 10.3. The molecular formula is C16H16ClN3O5S. The first kappa shape index (κ1) is 19.8. The van der Waals surface area contributed by atoms with E-state index in [9.17, 15) is 14.4 Å². The molecule has 1 aromatic carbocycles. The molecule has 0 radical (unpaired) electrons. The highest BCUT2D eigenvalue weighted by atomic mass is 35.5. The van der Waals surface area contributed by atoms with E-state index in [4.69, 9.17) is 16.3 Å². The van der Waals surface area contributed by atoms with Crippen LogP contribution in [0.2, 0.25) is 5.02 Å². The van der Waals surface area contributed by atoms with Gasteiger partial charge in [-0.15, -0.1) is 0 Å². The molecule has 26 heavy (non-hydrogen) atoms. The van der Waals surface area contributed by atoms with Crippen LogP contribution in [0, 0.1) is 0 Å². The lowest BCUT2D eigenvalue weighted by molar-refractivity contribution is -0.139. The smallest absolute Gasteiger partial charge is 0.311 e. The highest BCUT2D eigenvalue weighted by molar-refractivity contribution is 7.99. The van der Waals surface area contributed by atoms with Crippen LogP contribution in [0.25, 0.3) is 0 Å². The van der Waals surface area contributed by atoms with Gasteiger partial charge in [0.15, 0.2) is 5.16 Å². The van der Waals surface area contributed by atoms with Gasteiger partial charge >= 0.3 is 5.97 Å². The van der Waals surface area contributed by atoms with Crippen molar-refractivity contribution in [2.45, 2.75) is 11.6 Å². The van der Waals surface area contributed by atoms with Crippen LogP contribution in [0.5, 0.6) is 5.75 Å². The van der Waals surface area contributed by atoms with Crippen LogP contribution < -0.4 is 15.6 Å². The van der Waals surface area contributed by atoms with Crippen LogP contribution in [0.15, 0.2) is 34.2 Å². The molecule has 1 amide bonds. The largest absolute Gasteiger partial charge is 0.495 e. The lowest BCUT2D eigenvalue weighted by Crippen LogP contribution is -2.17. The third-order valence-electron chi connectivity index (χ3n) is 3.10. The molecule has 0 atom stereocenters. The van der Waals surface area contributed by atoms with Crippen LogP contribution >= 0.6 is 23.4 Å². The van der Waals surface area contributed by atoms with E-state index >= 15 is 0 Å². The number of aromatic nitrogens is 2. The number of hydrogen-bond acceptors (Lipinski definition) is 7. The van der Waals surface area contributed by atoms with Crippen molar-refractivity contribution in [2.24, 2.45) is 0 Å². The molecule has 1 heterocycles. The number of hydrogen-bond donors (Lipinski definition) is 2. The number of nitrogens with zero attached hydrogens (tertiary/aromatic N) is 1. The van der Waals surface area contributed by atoms with E-state index in [0.717, 1.165) is 11.8 Å². The normalized spacial score (nSPS) is 10.3. The Morgan fingerprint density at radius 3 is 2.73 bits per heavy atom. The molecule has 0 saturated heterocycles. The second kappa shape index (κ2) is 9.25. The number of esters is 1. The molecule has 8 nitrogen and oxygen atoms in total. The molecule has 0 aliphatic rings. The highest BCUT2D eigenvalue weighted by Gasteiger charge is 2.10.